The molecule has 0 bridgehead atoms. The van der Waals surface area contributed by atoms with Gasteiger partial charge in [0.15, 0.2) is 0 Å². The van der Waals surface area contributed by atoms with E-state index in [1.165, 1.54) is 4.52 Å². The van der Waals surface area contributed by atoms with E-state index in [-0.39, 0.29) is 5.82 Å². The van der Waals surface area contributed by atoms with Crippen molar-refractivity contribution in [2.45, 2.75) is 13.8 Å². The van der Waals surface area contributed by atoms with Crippen molar-refractivity contribution in [3.8, 4) is 0 Å². The molecule has 2 aromatic heterocycles. The fourth-order valence-electron chi connectivity index (χ4n) is 1.46. The molecule has 14 heavy (non-hydrogen) atoms. The number of fused-ring (bicyclic) bond motifs is 1. The highest BCUT2D eigenvalue weighted by Gasteiger charge is 2.11. The summed E-state index contributed by atoms with van der Waals surface area (Å²) in [5.74, 6) is -0.394. The first-order chi connectivity index (χ1) is 6.59. The van der Waals surface area contributed by atoms with Gasteiger partial charge in [0, 0.05) is 0 Å². The first-order valence-electron chi connectivity index (χ1n) is 4.21. The van der Waals surface area contributed by atoms with Crippen molar-refractivity contribution in [2.24, 2.45) is 5.73 Å². The van der Waals surface area contributed by atoms with Crippen molar-refractivity contribution in [1.82, 2.24) is 14.6 Å². The molecule has 2 heterocycles. The maximum absolute atomic E-state index is 11.0. The lowest BCUT2D eigenvalue weighted by atomic mass is 10.2. The quantitative estimate of drug-likeness (QED) is 0.709. The number of carbonyl (C=O) groups is 1. The topological polar surface area (TPSA) is 73.3 Å². The highest BCUT2D eigenvalue weighted by molar-refractivity contribution is 5.90. The van der Waals surface area contributed by atoms with Crippen LogP contribution in [-0.4, -0.2) is 20.5 Å². The molecule has 0 aromatic carbocycles. The van der Waals surface area contributed by atoms with Gasteiger partial charge >= 0.3 is 0 Å². The van der Waals surface area contributed by atoms with Crippen LogP contribution in [0.25, 0.3) is 5.52 Å². The summed E-state index contributed by atoms with van der Waals surface area (Å²) in [6.07, 6.45) is 1.60. The number of amides is 1. The molecular formula is C9H10N4O. The molecule has 2 rings (SSSR count). The van der Waals surface area contributed by atoms with E-state index >= 15 is 0 Å². The van der Waals surface area contributed by atoms with Crippen LogP contribution in [0, 0.1) is 13.8 Å². The summed E-state index contributed by atoms with van der Waals surface area (Å²) in [7, 11) is 0. The number of imidazole rings is 1. The Morgan fingerprint density at radius 2 is 2.21 bits per heavy atom. The van der Waals surface area contributed by atoms with E-state index in [4.69, 9.17) is 5.73 Å². The van der Waals surface area contributed by atoms with E-state index in [2.05, 4.69) is 10.1 Å². The molecule has 0 radical (unpaired) electrons. The van der Waals surface area contributed by atoms with Crippen LogP contribution in [0.5, 0.6) is 0 Å². The number of aryl methyl sites for hydroxylation is 2. The van der Waals surface area contributed by atoms with Crippen molar-refractivity contribution in [3.63, 3.8) is 0 Å². The number of hydrogen-bond acceptors (Lipinski definition) is 3. The minimum absolute atomic E-state index is 0.173. The summed E-state index contributed by atoms with van der Waals surface area (Å²) in [5, 5.41) is 4.17. The predicted molar refractivity (Wildman–Crippen MR) is 51.0 cm³/mol. The molecule has 0 saturated heterocycles. The molecule has 5 nitrogen and oxygen atoms in total. The van der Waals surface area contributed by atoms with E-state index in [9.17, 15) is 4.79 Å². The lowest BCUT2D eigenvalue weighted by Gasteiger charge is -2.00. The zero-order chi connectivity index (χ0) is 10.3. The van der Waals surface area contributed by atoms with Gasteiger partial charge in [-0.15, -0.1) is 0 Å². The molecule has 1 amide bonds. The fraction of sp³-hybridized carbons (Fsp3) is 0.222. The van der Waals surface area contributed by atoms with Gasteiger partial charge in [-0.1, -0.05) is 0 Å². The number of nitrogens with zero attached hydrogens (tertiary/aromatic N) is 3. The highest BCUT2D eigenvalue weighted by atomic mass is 16.1. The first kappa shape index (κ1) is 8.68. The van der Waals surface area contributed by atoms with Gasteiger partial charge in [-0.2, -0.15) is 5.10 Å². The standard InChI is InChI=1S/C9H10N4O/c1-5-3-6(2)12-13-7(5)4-11-9(13)8(10)14/h3-4H,1-2H3,(H2,10,14). The van der Waals surface area contributed by atoms with Gasteiger partial charge in [-0.3, -0.25) is 4.79 Å². The average Bonchev–Trinajstić information content (AvgIpc) is 2.47. The molecule has 2 aromatic rings. The zero-order valence-corrected chi connectivity index (χ0v) is 7.98. The molecule has 0 saturated carbocycles. The van der Waals surface area contributed by atoms with Gasteiger partial charge in [-0.25, -0.2) is 9.50 Å². The van der Waals surface area contributed by atoms with Crippen LogP contribution in [0.4, 0.5) is 0 Å². The van der Waals surface area contributed by atoms with Crippen LogP contribution < -0.4 is 5.73 Å². The van der Waals surface area contributed by atoms with Crippen LogP contribution in [0.2, 0.25) is 0 Å². The maximum atomic E-state index is 11.0. The number of hydrogen-bond donors (Lipinski definition) is 1. The van der Waals surface area contributed by atoms with Gasteiger partial charge < -0.3 is 5.73 Å². The Labute approximate surface area is 80.6 Å². The second-order valence-corrected chi connectivity index (χ2v) is 3.21. The molecule has 0 aliphatic carbocycles. The number of aromatic nitrogens is 3. The molecule has 0 aliphatic rings. The van der Waals surface area contributed by atoms with Gasteiger partial charge in [0.1, 0.15) is 0 Å². The van der Waals surface area contributed by atoms with Gasteiger partial charge in [0.2, 0.25) is 5.82 Å². The smallest absolute Gasteiger partial charge is 0.286 e. The third-order valence-corrected chi connectivity index (χ3v) is 2.05. The minimum atomic E-state index is -0.567. The van der Waals surface area contributed by atoms with E-state index in [1.54, 1.807) is 6.20 Å². The van der Waals surface area contributed by atoms with Crippen LogP contribution >= 0.6 is 0 Å². The van der Waals surface area contributed by atoms with Crippen LogP contribution in [-0.2, 0) is 0 Å². The van der Waals surface area contributed by atoms with Crippen LogP contribution in [0.3, 0.4) is 0 Å². The molecule has 0 fully saturated rings. The first-order valence-corrected chi connectivity index (χ1v) is 4.21. The highest BCUT2D eigenvalue weighted by Crippen LogP contribution is 2.11. The van der Waals surface area contributed by atoms with Crippen molar-refractivity contribution < 1.29 is 4.79 Å². The predicted octanol–water partition coefficient (Wildman–Crippen LogP) is 0.445. The zero-order valence-electron chi connectivity index (χ0n) is 7.98. The summed E-state index contributed by atoms with van der Waals surface area (Å²) >= 11 is 0. The Hall–Kier alpha value is -1.91. The third kappa shape index (κ3) is 1.14. The van der Waals surface area contributed by atoms with Crippen molar-refractivity contribution in [2.75, 3.05) is 0 Å². The SMILES string of the molecule is Cc1cc(C)c2cnc(C(N)=O)n2n1. The summed E-state index contributed by atoms with van der Waals surface area (Å²) in [5.41, 5.74) is 7.83. The summed E-state index contributed by atoms with van der Waals surface area (Å²) in [4.78, 5) is 14.9. The average molecular weight is 190 g/mol. The Balaban J connectivity index is 2.85. The summed E-state index contributed by atoms with van der Waals surface area (Å²) < 4.78 is 1.48. The van der Waals surface area contributed by atoms with E-state index < -0.39 is 5.91 Å². The molecule has 2 N–H and O–H groups in total. The third-order valence-electron chi connectivity index (χ3n) is 2.05. The number of carbonyl (C=O) groups excluding carboxylic acids is 1. The molecule has 0 unspecified atom stereocenters. The number of primary amides is 1. The minimum Gasteiger partial charge on any atom is -0.363 e. The Morgan fingerprint density at radius 1 is 1.50 bits per heavy atom. The second kappa shape index (κ2) is 2.80. The van der Waals surface area contributed by atoms with Crippen LogP contribution in [0.15, 0.2) is 12.3 Å². The Bertz CT molecular complexity index is 515. The number of rotatable bonds is 1. The van der Waals surface area contributed by atoms with Crippen LogP contribution in [0.1, 0.15) is 21.9 Å². The Kier molecular flexibility index (Phi) is 1.73. The maximum Gasteiger partial charge on any atom is 0.286 e. The second-order valence-electron chi connectivity index (χ2n) is 3.21. The van der Waals surface area contributed by atoms with E-state index in [0.717, 1.165) is 16.8 Å². The fourth-order valence-corrected chi connectivity index (χ4v) is 1.46. The van der Waals surface area contributed by atoms with Crippen molar-refractivity contribution >= 4 is 11.4 Å². The molecular weight excluding hydrogens is 180 g/mol. The molecule has 0 spiro atoms. The number of nitrogens with two attached hydrogens (primary N) is 1. The van der Waals surface area contributed by atoms with E-state index in [0.29, 0.717) is 0 Å². The molecule has 72 valence electrons. The summed E-state index contributed by atoms with van der Waals surface area (Å²) in [6.45, 7) is 3.80. The van der Waals surface area contributed by atoms with Gasteiger partial charge in [-0.05, 0) is 25.5 Å². The van der Waals surface area contributed by atoms with E-state index in [1.807, 2.05) is 19.9 Å². The molecule has 0 atom stereocenters. The monoisotopic (exact) mass is 190 g/mol. The Morgan fingerprint density at radius 3 is 2.86 bits per heavy atom. The lowest BCUT2D eigenvalue weighted by Crippen LogP contribution is -2.16. The normalized spacial score (nSPS) is 10.7. The van der Waals surface area contributed by atoms with Gasteiger partial charge in [0.25, 0.3) is 5.91 Å². The van der Waals surface area contributed by atoms with Crippen molar-refractivity contribution in [3.05, 3.63) is 29.3 Å². The molecule has 0 aliphatic heterocycles. The largest absolute Gasteiger partial charge is 0.363 e. The van der Waals surface area contributed by atoms with Gasteiger partial charge in [0.05, 0.1) is 17.4 Å². The lowest BCUT2D eigenvalue weighted by molar-refractivity contribution is 0.0988. The molecule has 5 heteroatoms. The van der Waals surface area contributed by atoms with Crippen molar-refractivity contribution in [1.29, 1.82) is 0 Å². The summed E-state index contributed by atoms with van der Waals surface area (Å²) in [6, 6.07) is 1.93.